The molecule has 1 atom stereocenters. The van der Waals surface area contributed by atoms with Gasteiger partial charge in [-0.1, -0.05) is 12.1 Å². The predicted octanol–water partition coefficient (Wildman–Crippen LogP) is 2.34. The topological polar surface area (TPSA) is 63.2 Å². The summed E-state index contributed by atoms with van der Waals surface area (Å²) in [5.74, 6) is -0.0567. The average molecular weight is 422 g/mol. The van der Waals surface area contributed by atoms with Gasteiger partial charge in [0, 0.05) is 44.4 Å². The minimum atomic E-state index is -0.611. The maximum atomic E-state index is 13.7. The first kappa shape index (κ1) is 22.4. The Bertz CT molecular complexity index is 816. The molecule has 6 nitrogen and oxygen atoms in total. The van der Waals surface area contributed by atoms with Crippen LogP contribution in [-0.4, -0.2) is 62.7 Å². The summed E-state index contributed by atoms with van der Waals surface area (Å²) in [6.45, 7) is 4.44. The molecule has 0 aromatic heterocycles. The van der Waals surface area contributed by atoms with E-state index in [1.165, 1.54) is 12.1 Å². The number of morpholine rings is 1. The van der Waals surface area contributed by atoms with Crippen molar-refractivity contribution >= 4 is 0 Å². The van der Waals surface area contributed by atoms with Gasteiger partial charge in [-0.05, 0) is 23.8 Å². The van der Waals surface area contributed by atoms with Crippen molar-refractivity contribution in [3.8, 4) is 11.5 Å². The fraction of sp³-hybridized carbons (Fsp3) is 0.455. The molecule has 1 aliphatic heterocycles. The standard InChI is InChI=1S/C22H28F2N2O4/c1-28-22-10-16(12-25-13-17-3-4-18(23)11-20(17)24)2-5-21(22)30-15-19(27)14-26-6-8-29-9-7-26/h2-5,10-11,19,25,27H,6-9,12-15H2,1H3. The van der Waals surface area contributed by atoms with Gasteiger partial charge in [0.1, 0.15) is 24.3 Å². The second-order valence-corrected chi connectivity index (χ2v) is 7.20. The number of ether oxygens (including phenoxy) is 3. The Morgan fingerprint density at radius 1 is 1.10 bits per heavy atom. The smallest absolute Gasteiger partial charge is 0.161 e. The van der Waals surface area contributed by atoms with Crippen molar-refractivity contribution in [1.82, 2.24) is 10.2 Å². The number of nitrogens with one attached hydrogen (secondary N) is 1. The molecule has 1 aliphatic rings. The Balaban J connectivity index is 1.48. The molecule has 3 rings (SSSR count). The summed E-state index contributed by atoms with van der Waals surface area (Å²) in [5.41, 5.74) is 1.33. The van der Waals surface area contributed by atoms with E-state index >= 15 is 0 Å². The van der Waals surface area contributed by atoms with Crippen LogP contribution in [0.4, 0.5) is 8.78 Å². The van der Waals surface area contributed by atoms with Crippen LogP contribution in [0.1, 0.15) is 11.1 Å². The SMILES string of the molecule is COc1cc(CNCc2ccc(F)cc2F)ccc1OCC(O)CN1CCOCC1. The van der Waals surface area contributed by atoms with E-state index in [4.69, 9.17) is 14.2 Å². The first-order valence-electron chi connectivity index (χ1n) is 9.97. The molecule has 0 radical (unpaired) electrons. The number of rotatable bonds is 10. The molecule has 0 aliphatic carbocycles. The Labute approximate surface area is 175 Å². The summed E-state index contributed by atoms with van der Waals surface area (Å²) in [6, 6.07) is 9.04. The highest BCUT2D eigenvalue weighted by atomic mass is 19.1. The van der Waals surface area contributed by atoms with Gasteiger partial charge < -0.3 is 24.6 Å². The van der Waals surface area contributed by atoms with Gasteiger partial charge in [-0.3, -0.25) is 4.90 Å². The molecule has 2 aromatic carbocycles. The van der Waals surface area contributed by atoms with E-state index in [9.17, 15) is 13.9 Å². The van der Waals surface area contributed by atoms with Crippen molar-refractivity contribution in [2.75, 3.05) is 46.6 Å². The number of β-amino-alcohol motifs (C(OH)–C–C–N with tert-alkyl or cyclic N) is 1. The normalized spacial score (nSPS) is 15.7. The minimum Gasteiger partial charge on any atom is -0.493 e. The van der Waals surface area contributed by atoms with Crippen LogP contribution in [0.5, 0.6) is 11.5 Å². The van der Waals surface area contributed by atoms with Crippen molar-refractivity contribution < 1.29 is 28.1 Å². The van der Waals surface area contributed by atoms with E-state index in [0.717, 1.165) is 24.7 Å². The van der Waals surface area contributed by atoms with Crippen LogP contribution in [0.15, 0.2) is 36.4 Å². The monoisotopic (exact) mass is 422 g/mol. The molecule has 0 amide bonds. The molecule has 2 aromatic rings. The largest absolute Gasteiger partial charge is 0.493 e. The van der Waals surface area contributed by atoms with E-state index in [1.807, 2.05) is 12.1 Å². The van der Waals surface area contributed by atoms with E-state index < -0.39 is 17.7 Å². The zero-order chi connectivity index (χ0) is 21.3. The number of methoxy groups -OCH3 is 1. The highest BCUT2D eigenvalue weighted by Gasteiger charge is 2.16. The third kappa shape index (κ3) is 6.63. The van der Waals surface area contributed by atoms with Crippen molar-refractivity contribution in [3.63, 3.8) is 0 Å². The fourth-order valence-electron chi connectivity index (χ4n) is 3.27. The van der Waals surface area contributed by atoms with Gasteiger partial charge in [-0.25, -0.2) is 8.78 Å². The van der Waals surface area contributed by atoms with E-state index in [-0.39, 0.29) is 13.2 Å². The Morgan fingerprint density at radius 2 is 1.90 bits per heavy atom. The maximum Gasteiger partial charge on any atom is 0.161 e. The van der Waals surface area contributed by atoms with Gasteiger partial charge in [0.25, 0.3) is 0 Å². The van der Waals surface area contributed by atoms with Gasteiger partial charge in [0.15, 0.2) is 11.5 Å². The summed E-state index contributed by atoms with van der Waals surface area (Å²) in [6.07, 6.45) is -0.611. The third-order valence-electron chi connectivity index (χ3n) is 4.89. The number of aliphatic hydroxyl groups excluding tert-OH is 1. The molecule has 0 saturated carbocycles. The lowest BCUT2D eigenvalue weighted by molar-refractivity contribution is 0.00445. The van der Waals surface area contributed by atoms with Crippen LogP contribution in [0.3, 0.4) is 0 Å². The first-order chi connectivity index (χ1) is 14.5. The molecular formula is C22H28F2N2O4. The van der Waals surface area contributed by atoms with Crippen LogP contribution < -0.4 is 14.8 Å². The molecule has 0 bridgehead atoms. The van der Waals surface area contributed by atoms with E-state index in [1.54, 1.807) is 13.2 Å². The summed E-state index contributed by atoms with van der Waals surface area (Å²) in [4.78, 5) is 2.15. The van der Waals surface area contributed by atoms with Gasteiger partial charge >= 0.3 is 0 Å². The van der Waals surface area contributed by atoms with Crippen molar-refractivity contribution in [2.45, 2.75) is 19.2 Å². The highest BCUT2D eigenvalue weighted by Crippen LogP contribution is 2.28. The quantitative estimate of drug-likeness (QED) is 0.613. The minimum absolute atomic E-state index is 0.162. The second-order valence-electron chi connectivity index (χ2n) is 7.20. The molecule has 1 saturated heterocycles. The van der Waals surface area contributed by atoms with Crippen LogP contribution in [0.2, 0.25) is 0 Å². The van der Waals surface area contributed by atoms with Gasteiger partial charge in [0.05, 0.1) is 20.3 Å². The Hall–Kier alpha value is -2.26. The number of hydrogen-bond acceptors (Lipinski definition) is 6. The molecule has 164 valence electrons. The second kappa shape index (κ2) is 11.2. The molecular weight excluding hydrogens is 394 g/mol. The summed E-state index contributed by atoms with van der Waals surface area (Å²) >= 11 is 0. The summed E-state index contributed by atoms with van der Waals surface area (Å²) in [7, 11) is 1.55. The van der Waals surface area contributed by atoms with Crippen molar-refractivity contribution in [3.05, 3.63) is 59.2 Å². The van der Waals surface area contributed by atoms with Crippen LogP contribution in [0, 0.1) is 11.6 Å². The number of benzene rings is 2. The molecule has 8 heteroatoms. The average Bonchev–Trinajstić information content (AvgIpc) is 2.75. The first-order valence-corrected chi connectivity index (χ1v) is 9.97. The van der Waals surface area contributed by atoms with Gasteiger partial charge in [-0.2, -0.15) is 0 Å². The zero-order valence-electron chi connectivity index (χ0n) is 17.1. The molecule has 0 spiro atoms. The van der Waals surface area contributed by atoms with Gasteiger partial charge in [0.2, 0.25) is 0 Å². The lowest BCUT2D eigenvalue weighted by Gasteiger charge is -2.28. The van der Waals surface area contributed by atoms with Crippen LogP contribution in [0.25, 0.3) is 0 Å². The number of halogens is 2. The van der Waals surface area contributed by atoms with Crippen LogP contribution >= 0.6 is 0 Å². The number of aliphatic hydroxyl groups is 1. The highest BCUT2D eigenvalue weighted by molar-refractivity contribution is 5.43. The lowest BCUT2D eigenvalue weighted by atomic mass is 10.1. The van der Waals surface area contributed by atoms with Crippen molar-refractivity contribution in [1.29, 1.82) is 0 Å². The molecule has 30 heavy (non-hydrogen) atoms. The third-order valence-corrected chi connectivity index (χ3v) is 4.89. The lowest BCUT2D eigenvalue weighted by Crippen LogP contribution is -2.42. The molecule has 1 unspecified atom stereocenters. The van der Waals surface area contributed by atoms with E-state index in [0.29, 0.717) is 43.4 Å². The predicted molar refractivity (Wildman–Crippen MR) is 109 cm³/mol. The summed E-state index contributed by atoms with van der Waals surface area (Å²) < 4.78 is 43.1. The number of nitrogens with zero attached hydrogens (tertiary/aromatic N) is 1. The van der Waals surface area contributed by atoms with E-state index in [2.05, 4.69) is 10.2 Å². The van der Waals surface area contributed by atoms with Gasteiger partial charge in [-0.15, -0.1) is 0 Å². The number of hydrogen-bond donors (Lipinski definition) is 2. The fourth-order valence-corrected chi connectivity index (χ4v) is 3.27. The molecule has 2 N–H and O–H groups in total. The van der Waals surface area contributed by atoms with Crippen LogP contribution in [-0.2, 0) is 17.8 Å². The summed E-state index contributed by atoms with van der Waals surface area (Å²) in [5, 5.41) is 13.4. The molecule has 1 heterocycles. The van der Waals surface area contributed by atoms with Crippen molar-refractivity contribution in [2.24, 2.45) is 0 Å². The Morgan fingerprint density at radius 3 is 2.63 bits per heavy atom. The zero-order valence-corrected chi connectivity index (χ0v) is 17.1. The molecule has 1 fully saturated rings. The maximum absolute atomic E-state index is 13.7. The Kier molecular flexibility index (Phi) is 8.39.